The molecule has 2 rings (SSSR count). The van der Waals surface area contributed by atoms with Crippen LogP contribution in [0.25, 0.3) is 0 Å². The van der Waals surface area contributed by atoms with Gasteiger partial charge in [-0.25, -0.2) is 4.98 Å². The minimum absolute atomic E-state index is 0.313. The molecule has 4 heteroatoms. The molecule has 2 unspecified atom stereocenters. The highest BCUT2D eigenvalue weighted by Crippen LogP contribution is 2.32. The Morgan fingerprint density at radius 3 is 3.00 bits per heavy atom. The maximum absolute atomic E-state index is 10.2. The van der Waals surface area contributed by atoms with Gasteiger partial charge in [0.25, 0.3) is 0 Å². The van der Waals surface area contributed by atoms with Crippen LogP contribution in [-0.2, 0) is 0 Å². The highest BCUT2D eigenvalue weighted by Gasteiger charge is 2.29. The van der Waals surface area contributed by atoms with Crippen LogP contribution in [0.3, 0.4) is 0 Å². The molecule has 1 aromatic rings. The predicted octanol–water partition coefficient (Wildman–Crippen LogP) is 1.44. The normalized spacial score (nSPS) is 25.5. The van der Waals surface area contributed by atoms with Crippen LogP contribution >= 0.6 is 11.3 Å². The summed E-state index contributed by atoms with van der Waals surface area (Å²) >= 11 is 1.57. The van der Waals surface area contributed by atoms with Gasteiger partial charge in [0.05, 0.1) is 22.2 Å². The summed E-state index contributed by atoms with van der Waals surface area (Å²) in [6, 6.07) is 0. The SMILES string of the molecule is Cc1ncsc1C(O)C1CCN(C)C1. The zero-order valence-corrected chi connectivity index (χ0v) is 9.42. The fraction of sp³-hybridized carbons (Fsp3) is 0.700. The summed E-state index contributed by atoms with van der Waals surface area (Å²) in [6.07, 6.45) is 0.780. The molecule has 1 N–H and O–H groups in total. The summed E-state index contributed by atoms with van der Waals surface area (Å²) in [5.74, 6) is 0.388. The van der Waals surface area contributed by atoms with Crippen molar-refractivity contribution < 1.29 is 5.11 Å². The largest absolute Gasteiger partial charge is 0.387 e. The van der Waals surface area contributed by atoms with Gasteiger partial charge in [-0.3, -0.25) is 0 Å². The summed E-state index contributed by atoms with van der Waals surface area (Å²) < 4.78 is 0. The van der Waals surface area contributed by atoms with E-state index in [0.29, 0.717) is 5.92 Å². The standard InChI is InChI=1S/C10H16N2OS/c1-7-10(14-6-11-7)9(13)8-3-4-12(2)5-8/h6,8-9,13H,3-5H2,1-2H3. The molecule has 0 aromatic carbocycles. The lowest BCUT2D eigenvalue weighted by molar-refractivity contribution is 0.115. The Balaban J connectivity index is 2.09. The van der Waals surface area contributed by atoms with Crippen molar-refractivity contribution in [3.8, 4) is 0 Å². The van der Waals surface area contributed by atoms with Gasteiger partial charge in [-0.1, -0.05) is 0 Å². The Bertz CT molecular complexity index is 313. The maximum Gasteiger partial charge on any atom is 0.0941 e. The first kappa shape index (κ1) is 10.1. The van der Waals surface area contributed by atoms with Crippen molar-refractivity contribution in [1.29, 1.82) is 0 Å². The van der Waals surface area contributed by atoms with Crippen LogP contribution in [0, 0.1) is 12.8 Å². The van der Waals surface area contributed by atoms with Crippen molar-refractivity contribution in [3.63, 3.8) is 0 Å². The van der Waals surface area contributed by atoms with Crippen LogP contribution in [0.15, 0.2) is 5.51 Å². The highest BCUT2D eigenvalue weighted by atomic mass is 32.1. The topological polar surface area (TPSA) is 36.4 Å². The molecule has 0 amide bonds. The molecular weight excluding hydrogens is 196 g/mol. The maximum atomic E-state index is 10.2. The monoisotopic (exact) mass is 212 g/mol. The van der Waals surface area contributed by atoms with Gasteiger partial charge in [0.1, 0.15) is 0 Å². The number of rotatable bonds is 2. The minimum Gasteiger partial charge on any atom is -0.387 e. The first-order chi connectivity index (χ1) is 6.68. The van der Waals surface area contributed by atoms with Crippen LogP contribution in [0.1, 0.15) is 23.1 Å². The van der Waals surface area contributed by atoms with Crippen LogP contribution in [-0.4, -0.2) is 35.1 Å². The van der Waals surface area contributed by atoms with Crippen molar-refractivity contribution in [2.45, 2.75) is 19.4 Å². The smallest absolute Gasteiger partial charge is 0.0941 e. The van der Waals surface area contributed by atoms with Gasteiger partial charge in [0, 0.05) is 12.5 Å². The van der Waals surface area contributed by atoms with E-state index in [-0.39, 0.29) is 6.10 Å². The lowest BCUT2D eigenvalue weighted by atomic mass is 10.00. The van der Waals surface area contributed by atoms with E-state index in [1.54, 1.807) is 11.3 Å². The van der Waals surface area contributed by atoms with Crippen LogP contribution in [0.5, 0.6) is 0 Å². The number of aromatic nitrogens is 1. The fourth-order valence-corrected chi connectivity index (χ4v) is 2.92. The second-order valence-electron chi connectivity index (χ2n) is 4.06. The Kier molecular flexibility index (Phi) is 2.85. The third kappa shape index (κ3) is 1.82. The predicted molar refractivity (Wildman–Crippen MR) is 57.4 cm³/mol. The first-order valence-electron chi connectivity index (χ1n) is 4.95. The van der Waals surface area contributed by atoms with Crippen LogP contribution in [0.2, 0.25) is 0 Å². The number of aliphatic hydroxyl groups is 1. The van der Waals surface area contributed by atoms with Gasteiger partial charge in [0.15, 0.2) is 0 Å². The van der Waals surface area contributed by atoms with Crippen molar-refractivity contribution in [1.82, 2.24) is 9.88 Å². The molecule has 1 aliphatic rings. The molecule has 0 aliphatic carbocycles. The third-order valence-electron chi connectivity index (χ3n) is 2.93. The average molecular weight is 212 g/mol. The number of aryl methyl sites for hydroxylation is 1. The van der Waals surface area contributed by atoms with E-state index >= 15 is 0 Å². The molecule has 1 fully saturated rings. The number of aliphatic hydroxyl groups excluding tert-OH is 1. The molecular formula is C10H16N2OS. The van der Waals surface area contributed by atoms with E-state index in [1.807, 2.05) is 12.4 Å². The molecule has 1 aromatic heterocycles. The average Bonchev–Trinajstić information content (AvgIpc) is 2.73. The van der Waals surface area contributed by atoms with Gasteiger partial charge >= 0.3 is 0 Å². The molecule has 78 valence electrons. The van der Waals surface area contributed by atoms with Crippen LogP contribution in [0.4, 0.5) is 0 Å². The molecule has 0 bridgehead atoms. The Morgan fingerprint density at radius 1 is 1.71 bits per heavy atom. The molecule has 1 saturated heterocycles. The zero-order valence-electron chi connectivity index (χ0n) is 8.60. The molecule has 2 atom stereocenters. The number of thiazole rings is 1. The van der Waals surface area contributed by atoms with Crippen molar-refractivity contribution in [2.24, 2.45) is 5.92 Å². The van der Waals surface area contributed by atoms with E-state index < -0.39 is 0 Å². The third-order valence-corrected chi connectivity index (χ3v) is 3.93. The van der Waals surface area contributed by atoms with Gasteiger partial charge in [0.2, 0.25) is 0 Å². The quantitative estimate of drug-likeness (QED) is 0.806. The molecule has 0 spiro atoms. The number of hydrogen-bond acceptors (Lipinski definition) is 4. The second-order valence-corrected chi connectivity index (χ2v) is 4.94. The van der Waals surface area contributed by atoms with E-state index in [0.717, 1.165) is 30.1 Å². The lowest BCUT2D eigenvalue weighted by Crippen LogP contribution is -2.18. The Hall–Kier alpha value is -0.450. The molecule has 3 nitrogen and oxygen atoms in total. The summed E-state index contributed by atoms with van der Waals surface area (Å²) in [7, 11) is 2.10. The molecule has 0 saturated carbocycles. The Labute approximate surface area is 88.4 Å². The van der Waals surface area contributed by atoms with E-state index in [4.69, 9.17) is 0 Å². The number of hydrogen-bond donors (Lipinski definition) is 1. The summed E-state index contributed by atoms with van der Waals surface area (Å²) in [6.45, 7) is 4.06. The number of nitrogens with zero attached hydrogens (tertiary/aromatic N) is 2. The summed E-state index contributed by atoms with van der Waals surface area (Å²) in [5.41, 5.74) is 2.80. The summed E-state index contributed by atoms with van der Waals surface area (Å²) in [5, 5.41) is 10.2. The van der Waals surface area contributed by atoms with Crippen LogP contribution < -0.4 is 0 Å². The van der Waals surface area contributed by atoms with Crippen molar-refractivity contribution in [3.05, 3.63) is 16.1 Å². The minimum atomic E-state index is -0.313. The number of likely N-dealkylation sites (tertiary alicyclic amines) is 1. The van der Waals surface area contributed by atoms with Crippen molar-refractivity contribution in [2.75, 3.05) is 20.1 Å². The molecule has 2 heterocycles. The molecule has 14 heavy (non-hydrogen) atoms. The van der Waals surface area contributed by atoms with Gasteiger partial charge in [-0.2, -0.15) is 0 Å². The van der Waals surface area contributed by atoms with Gasteiger partial charge in [-0.05, 0) is 26.9 Å². The second kappa shape index (κ2) is 3.96. The van der Waals surface area contributed by atoms with E-state index in [2.05, 4.69) is 16.9 Å². The van der Waals surface area contributed by atoms with Crippen molar-refractivity contribution >= 4 is 11.3 Å². The zero-order chi connectivity index (χ0) is 10.1. The fourth-order valence-electron chi connectivity index (χ4n) is 2.04. The highest BCUT2D eigenvalue weighted by molar-refractivity contribution is 7.09. The summed E-state index contributed by atoms with van der Waals surface area (Å²) in [4.78, 5) is 7.49. The van der Waals surface area contributed by atoms with E-state index in [1.165, 1.54) is 0 Å². The molecule has 1 aliphatic heterocycles. The van der Waals surface area contributed by atoms with Gasteiger partial charge in [-0.15, -0.1) is 11.3 Å². The lowest BCUT2D eigenvalue weighted by Gasteiger charge is -2.16. The van der Waals surface area contributed by atoms with Gasteiger partial charge < -0.3 is 10.0 Å². The Morgan fingerprint density at radius 2 is 2.50 bits per heavy atom. The first-order valence-corrected chi connectivity index (χ1v) is 5.83. The molecule has 0 radical (unpaired) electrons. The van der Waals surface area contributed by atoms with E-state index in [9.17, 15) is 5.11 Å².